The van der Waals surface area contributed by atoms with Gasteiger partial charge in [0.15, 0.2) is 5.65 Å². The molecule has 0 aliphatic rings. The second-order valence-corrected chi connectivity index (χ2v) is 4.89. The van der Waals surface area contributed by atoms with Crippen LogP contribution in [0.15, 0.2) is 35.8 Å². The van der Waals surface area contributed by atoms with Gasteiger partial charge in [-0.05, 0) is 24.3 Å². The molecule has 0 unspecified atom stereocenters. The van der Waals surface area contributed by atoms with Gasteiger partial charge in [-0.25, -0.2) is 4.98 Å². The van der Waals surface area contributed by atoms with Gasteiger partial charge in [0.05, 0.1) is 6.20 Å². The molecule has 17 heavy (non-hydrogen) atoms. The van der Waals surface area contributed by atoms with Crippen molar-refractivity contribution in [1.82, 2.24) is 14.6 Å². The summed E-state index contributed by atoms with van der Waals surface area (Å²) in [5.74, 6) is 0.640. The summed E-state index contributed by atoms with van der Waals surface area (Å²) in [5.41, 5.74) is 7.74. The first-order valence-electron chi connectivity index (χ1n) is 5.44. The maximum atomic E-state index is 5.91. The second kappa shape index (κ2) is 4.18. The van der Waals surface area contributed by atoms with Crippen molar-refractivity contribution in [2.75, 3.05) is 5.73 Å². The number of fused-ring (bicyclic) bond motifs is 1. The molecule has 3 rings (SSSR count). The Morgan fingerprint density at radius 2 is 2.24 bits per heavy atom. The topological polar surface area (TPSA) is 56.2 Å². The molecule has 3 aromatic rings. The highest BCUT2D eigenvalue weighted by Crippen LogP contribution is 2.14. The van der Waals surface area contributed by atoms with Crippen molar-refractivity contribution >= 4 is 22.8 Å². The number of nitrogen functional groups attached to an aromatic ring is 1. The number of nitrogens with zero attached hydrogens (tertiary/aromatic N) is 3. The van der Waals surface area contributed by atoms with Gasteiger partial charge in [0.1, 0.15) is 5.82 Å². The summed E-state index contributed by atoms with van der Waals surface area (Å²) in [6.45, 7) is 0. The van der Waals surface area contributed by atoms with Crippen molar-refractivity contribution in [1.29, 1.82) is 0 Å². The Bertz CT molecular complexity index is 627. The van der Waals surface area contributed by atoms with Gasteiger partial charge in [-0.2, -0.15) is 9.61 Å². The van der Waals surface area contributed by atoms with Crippen molar-refractivity contribution in [3.63, 3.8) is 0 Å². The smallest absolute Gasteiger partial charge is 0.157 e. The molecule has 0 fully saturated rings. The number of rotatable bonds is 3. The Labute approximate surface area is 103 Å². The summed E-state index contributed by atoms with van der Waals surface area (Å²) in [5, 5.41) is 6.20. The van der Waals surface area contributed by atoms with E-state index in [-0.39, 0.29) is 0 Å². The first kappa shape index (κ1) is 10.3. The van der Waals surface area contributed by atoms with Crippen LogP contribution in [0.5, 0.6) is 0 Å². The summed E-state index contributed by atoms with van der Waals surface area (Å²) < 4.78 is 1.65. The lowest BCUT2D eigenvalue weighted by Crippen LogP contribution is -2.03. The normalized spacial score (nSPS) is 11.1. The van der Waals surface area contributed by atoms with Crippen LogP contribution in [0, 0.1) is 0 Å². The Hall–Kier alpha value is -1.88. The maximum Gasteiger partial charge on any atom is 0.157 e. The van der Waals surface area contributed by atoms with Crippen LogP contribution < -0.4 is 5.73 Å². The summed E-state index contributed by atoms with van der Waals surface area (Å²) in [4.78, 5) is 5.89. The molecule has 0 bridgehead atoms. The van der Waals surface area contributed by atoms with E-state index < -0.39 is 0 Å². The van der Waals surface area contributed by atoms with Gasteiger partial charge >= 0.3 is 0 Å². The molecule has 0 saturated carbocycles. The Morgan fingerprint density at radius 3 is 3.06 bits per heavy atom. The molecule has 0 spiro atoms. The summed E-state index contributed by atoms with van der Waals surface area (Å²) in [6.07, 6.45) is 3.63. The largest absolute Gasteiger partial charge is 0.384 e. The van der Waals surface area contributed by atoms with Crippen molar-refractivity contribution in [2.45, 2.75) is 12.8 Å². The molecule has 4 nitrogen and oxygen atoms in total. The van der Waals surface area contributed by atoms with E-state index in [0.29, 0.717) is 5.82 Å². The molecule has 0 radical (unpaired) electrons. The molecule has 0 aromatic carbocycles. The number of hydrogen-bond acceptors (Lipinski definition) is 4. The fourth-order valence-electron chi connectivity index (χ4n) is 1.83. The third kappa shape index (κ3) is 2.01. The molecule has 0 aliphatic carbocycles. The first-order chi connectivity index (χ1) is 8.33. The van der Waals surface area contributed by atoms with E-state index in [2.05, 4.69) is 27.6 Å². The van der Waals surface area contributed by atoms with E-state index in [1.165, 1.54) is 4.88 Å². The summed E-state index contributed by atoms with van der Waals surface area (Å²) >= 11 is 1.78. The lowest BCUT2D eigenvalue weighted by Gasteiger charge is -2.03. The zero-order valence-corrected chi connectivity index (χ0v) is 10.0. The Morgan fingerprint density at radius 1 is 1.29 bits per heavy atom. The zero-order chi connectivity index (χ0) is 11.7. The number of aryl methyl sites for hydroxylation is 2. The van der Waals surface area contributed by atoms with Crippen LogP contribution in [0.4, 0.5) is 5.82 Å². The van der Waals surface area contributed by atoms with Crippen molar-refractivity contribution in [3.05, 3.63) is 46.4 Å². The minimum atomic E-state index is 0.640. The number of anilines is 1. The quantitative estimate of drug-likeness (QED) is 0.768. The lowest BCUT2D eigenvalue weighted by atomic mass is 10.2. The van der Waals surface area contributed by atoms with Gasteiger partial charge in [-0.15, -0.1) is 11.3 Å². The Balaban J connectivity index is 1.85. The highest BCUT2D eigenvalue weighted by molar-refractivity contribution is 7.09. The number of nitrogens with two attached hydrogens (primary N) is 1. The SMILES string of the molecule is Nc1cc(CCc2cccs2)nc2ccnn12. The molecule has 0 aliphatic heterocycles. The third-order valence-electron chi connectivity index (χ3n) is 2.65. The third-order valence-corrected chi connectivity index (χ3v) is 3.58. The van der Waals surface area contributed by atoms with Crippen LogP contribution in [0.3, 0.4) is 0 Å². The molecule has 0 saturated heterocycles. The van der Waals surface area contributed by atoms with Crippen LogP contribution in [-0.2, 0) is 12.8 Å². The average molecular weight is 244 g/mol. The number of thiophene rings is 1. The second-order valence-electron chi connectivity index (χ2n) is 3.85. The van der Waals surface area contributed by atoms with Crippen LogP contribution in [0.1, 0.15) is 10.6 Å². The average Bonchev–Trinajstić information content (AvgIpc) is 2.97. The van der Waals surface area contributed by atoms with E-state index in [1.54, 1.807) is 22.0 Å². The molecule has 3 aromatic heterocycles. The monoisotopic (exact) mass is 244 g/mol. The lowest BCUT2D eigenvalue weighted by molar-refractivity contribution is 0.891. The van der Waals surface area contributed by atoms with Gasteiger partial charge in [0.25, 0.3) is 0 Å². The highest BCUT2D eigenvalue weighted by atomic mass is 32.1. The molecule has 0 amide bonds. The van der Waals surface area contributed by atoms with Crippen LogP contribution >= 0.6 is 11.3 Å². The molecule has 0 atom stereocenters. The van der Waals surface area contributed by atoms with Crippen molar-refractivity contribution in [3.8, 4) is 0 Å². The number of hydrogen-bond donors (Lipinski definition) is 1. The fourth-order valence-corrected chi connectivity index (χ4v) is 2.53. The van der Waals surface area contributed by atoms with Gasteiger partial charge in [-0.1, -0.05) is 6.07 Å². The molecule has 5 heteroatoms. The minimum absolute atomic E-state index is 0.640. The predicted molar refractivity (Wildman–Crippen MR) is 69.1 cm³/mol. The molecular weight excluding hydrogens is 232 g/mol. The van der Waals surface area contributed by atoms with Gasteiger partial charge < -0.3 is 5.73 Å². The predicted octanol–water partition coefficient (Wildman–Crippen LogP) is 2.16. The molecule has 86 valence electrons. The van der Waals surface area contributed by atoms with Gasteiger partial charge in [0.2, 0.25) is 0 Å². The van der Waals surface area contributed by atoms with E-state index >= 15 is 0 Å². The highest BCUT2D eigenvalue weighted by Gasteiger charge is 2.04. The number of aromatic nitrogens is 3. The van der Waals surface area contributed by atoms with E-state index in [1.807, 2.05) is 12.1 Å². The molecule has 2 N–H and O–H groups in total. The van der Waals surface area contributed by atoms with Gasteiger partial charge in [-0.3, -0.25) is 0 Å². The Kier molecular flexibility index (Phi) is 2.53. The first-order valence-corrected chi connectivity index (χ1v) is 6.32. The van der Waals surface area contributed by atoms with E-state index in [4.69, 9.17) is 5.73 Å². The van der Waals surface area contributed by atoms with Crippen LogP contribution in [-0.4, -0.2) is 14.6 Å². The minimum Gasteiger partial charge on any atom is -0.384 e. The van der Waals surface area contributed by atoms with E-state index in [9.17, 15) is 0 Å². The molecular formula is C12H12N4S. The standard InChI is InChI=1S/C12H12N4S/c13-11-8-9(3-4-10-2-1-7-17-10)15-12-5-6-14-16(11)12/h1-2,5-8H,3-4,13H2. The van der Waals surface area contributed by atoms with Crippen LogP contribution in [0.2, 0.25) is 0 Å². The summed E-state index contributed by atoms with van der Waals surface area (Å²) in [7, 11) is 0. The van der Waals surface area contributed by atoms with Crippen LogP contribution in [0.25, 0.3) is 5.65 Å². The van der Waals surface area contributed by atoms with Crippen molar-refractivity contribution in [2.24, 2.45) is 0 Å². The fraction of sp³-hybridized carbons (Fsp3) is 0.167. The van der Waals surface area contributed by atoms with Gasteiger partial charge in [0, 0.05) is 22.7 Å². The van der Waals surface area contributed by atoms with Crippen molar-refractivity contribution < 1.29 is 0 Å². The van der Waals surface area contributed by atoms with E-state index in [0.717, 1.165) is 24.2 Å². The zero-order valence-electron chi connectivity index (χ0n) is 9.21. The summed E-state index contributed by atoms with van der Waals surface area (Å²) in [6, 6.07) is 7.98. The maximum absolute atomic E-state index is 5.91. The molecule has 3 heterocycles.